The molecule has 0 heterocycles. The molecule has 0 amide bonds. The van der Waals surface area contributed by atoms with Gasteiger partial charge in [-0.05, 0) is 83.9 Å². The van der Waals surface area contributed by atoms with Gasteiger partial charge in [0.15, 0.2) is 0 Å². The van der Waals surface area contributed by atoms with Crippen molar-refractivity contribution in [3.8, 4) is 33.4 Å². The van der Waals surface area contributed by atoms with Crippen molar-refractivity contribution in [3.63, 3.8) is 0 Å². The number of hydrogen-bond donors (Lipinski definition) is 0. The molecule has 0 aromatic heterocycles. The molecule has 0 atom stereocenters. The van der Waals surface area contributed by atoms with Gasteiger partial charge in [0.05, 0.1) is 0 Å². The first-order chi connectivity index (χ1) is 17.8. The van der Waals surface area contributed by atoms with Gasteiger partial charge in [0, 0.05) is 0 Å². The van der Waals surface area contributed by atoms with E-state index in [1.807, 2.05) is 0 Å². The molecule has 7 rings (SSSR count). The summed E-state index contributed by atoms with van der Waals surface area (Å²) >= 11 is 0. The second-order valence-electron chi connectivity index (χ2n) is 9.41. The summed E-state index contributed by atoms with van der Waals surface area (Å²) in [6.45, 7) is 0. The zero-order chi connectivity index (χ0) is 23.9. The Bertz CT molecular complexity index is 1870. The van der Waals surface area contributed by atoms with E-state index < -0.39 is 0 Å². The maximum Gasteiger partial charge on any atom is -0.0105 e. The van der Waals surface area contributed by atoms with Gasteiger partial charge >= 0.3 is 0 Å². The van der Waals surface area contributed by atoms with Crippen LogP contribution in [0.3, 0.4) is 0 Å². The molecule has 7 aromatic rings. The Morgan fingerprint density at radius 2 is 0.806 bits per heavy atom. The van der Waals surface area contributed by atoms with Crippen molar-refractivity contribution in [1.29, 1.82) is 0 Å². The van der Waals surface area contributed by atoms with Crippen LogP contribution in [0.15, 0.2) is 146 Å². The first-order valence-corrected chi connectivity index (χ1v) is 12.4. The fourth-order valence-corrected chi connectivity index (χ4v) is 5.40. The van der Waals surface area contributed by atoms with Gasteiger partial charge in [0.25, 0.3) is 0 Å². The Kier molecular flexibility index (Phi) is 4.89. The van der Waals surface area contributed by atoms with Gasteiger partial charge in [0.2, 0.25) is 0 Å². The monoisotopic (exact) mass is 456 g/mol. The van der Waals surface area contributed by atoms with Gasteiger partial charge in [0.1, 0.15) is 0 Å². The first kappa shape index (κ1) is 20.7. The van der Waals surface area contributed by atoms with Crippen LogP contribution in [-0.4, -0.2) is 0 Å². The molecule has 0 N–H and O–H groups in total. The predicted octanol–water partition coefficient (Wildman–Crippen LogP) is 10.1. The molecule has 168 valence electrons. The standard InChI is InChI=1S/C36H24/c1-2-8-25(9-3-1)27-12-6-13-28(22-27)29-18-20-35-30(23-29)16-17-31-24-32(19-21-36(31)35)34-15-7-11-26-10-4-5-14-33(26)34/h1-24H. The summed E-state index contributed by atoms with van der Waals surface area (Å²) < 4.78 is 0. The van der Waals surface area contributed by atoms with E-state index in [1.54, 1.807) is 0 Å². The average Bonchev–Trinajstić information content (AvgIpc) is 2.96. The maximum atomic E-state index is 2.33. The quantitative estimate of drug-likeness (QED) is 0.232. The molecule has 0 spiro atoms. The fraction of sp³-hybridized carbons (Fsp3) is 0. The predicted molar refractivity (Wildman–Crippen MR) is 155 cm³/mol. The van der Waals surface area contributed by atoms with E-state index in [4.69, 9.17) is 0 Å². The Hall–Kier alpha value is -4.68. The van der Waals surface area contributed by atoms with E-state index in [9.17, 15) is 0 Å². The van der Waals surface area contributed by atoms with Crippen LogP contribution >= 0.6 is 0 Å². The van der Waals surface area contributed by atoms with Crippen LogP contribution in [0.5, 0.6) is 0 Å². The average molecular weight is 457 g/mol. The Morgan fingerprint density at radius 3 is 1.61 bits per heavy atom. The second-order valence-corrected chi connectivity index (χ2v) is 9.41. The Morgan fingerprint density at radius 1 is 0.250 bits per heavy atom. The molecule has 0 heteroatoms. The summed E-state index contributed by atoms with van der Waals surface area (Å²) in [7, 11) is 0. The molecule has 0 aliphatic rings. The van der Waals surface area contributed by atoms with E-state index in [0.717, 1.165) is 0 Å². The third kappa shape index (κ3) is 3.56. The van der Waals surface area contributed by atoms with Crippen molar-refractivity contribution >= 4 is 32.3 Å². The van der Waals surface area contributed by atoms with Crippen LogP contribution in [0.2, 0.25) is 0 Å². The van der Waals surface area contributed by atoms with Gasteiger partial charge in [-0.1, -0.05) is 127 Å². The summed E-state index contributed by atoms with van der Waals surface area (Å²) in [4.78, 5) is 0. The highest BCUT2D eigenvalue weighted by molar-refractivity contribution is 6.10. The van der Waals surface area contributed by atoms with E-state index in [-0.39, 0.29) is 0 Å². The van der Waals surface area contributed by atoms with Gasteiger partial charge < -0.3 is 0 Å². The van der Waals surface area contributed by atoms with Crippen molar-refractivity contribution in [1.82, 2.24) is 0 Å². The van der Waals surface area contributed by atoms with Crippen LogP contribution in [-0.2, 0) is 0 Å². The number of rotatable bonds is 3. The normalized spacial score (nSPS) is 11.3. The highest BCUT2D eigenvalue weighted by Crippen LogP contribution is 2.35. The van der Waals surface area contributed by atoms with Crippen LogP contribution in [0.25, 0.3) is 65.7 Å². The lowest BCUT2D eigenvalue weighted by atomic mass is 9.93. The van der Waals surface area contributed by atoms with Gasteiger partial charge in [-0.2, -0.15) is 0 Å². The largest absolute Gasteiger partial charge is 0.0622 e. The highest BCUT2D eigenvalue weighted by Gasteiger charge is 2.08. The van der Waals surface area contributed by atoms with Crippen LogP contribution < -0.4 is 0 Å². The molecule has 0 unspecified atom stereocenters. The van der Waals surface area contributed by atoms with Crippen molar-refractivity contribution in [2.24, 2.45) is 0 Å². The molecule has 36 heavy (non-hydrogen) atoms. The van der Waals surface area contributed by atoms with Gasteiger partial charge in [-0.3, -0.25) is 0 Å². The SMILES string of the molecule is c1ccc(-c2cccc(-c3ccc4c(ccc5cc(-c6cccc7ccccc67)ccc54)c3)c2)cc1. The van der Waals surface area contributed by atoms with Crippen molar-refractivity contribution in [2.45, 2.75) is 0 Å². The minimum atomic E-state index is 1.24. The first-order valence-electron chi connectivity index (χ1n) is 12.4. The lowest BCUT2D eigenvalue weighted by molar-refractivity contribution is 1.60. The Balaban J connectivity index is 1.31. The molecule has 0 fully saturated rings. The lowest BCUT2D eigenvalue weighted by Gasteiger charge is -2.11. The molecular weight excluding hydrogens is 432 g/mol. The fourth-order valence-electron chi connectivity index (χ4n) is 5.40. The number of hydrogen-bond acceptors (Lipinski definition) is 0. The van der Waals surface area contributed by atoms with Gasteiger partial charge in [-0.25, -0.2) is 0 Å². The summed E-state index contributed by atoms with van der Waals surface area (Å²) in [5, 5.41) is 7.69. The van der Waals surface area contributed by atoms with Crippen LogP contribution in [0.4, 0.5) is 0 Å². The minimum Gasteiger partial charge on any atom is -0.0622 e. The lowest BCUT2D eigenvalue weighted by Crippen LogP contribution is -1.85. The number of fused-ring (bicyclic) bond motifs is 4. The second kappa shape index (κ2) is 8.52. The van der Waals surface area contributed by atoms with Crippen molar-refractivity contribution in [2.75, 3.05) is 0 Å². The van der Waals surface area contributed by atoms with Gasteiger partial charge in [-0.15, -0.1) is 0 Å². The molecule has 0 radical (unpaired) electrons. The maximum absolute atomic E-state index is 2.33. The van der Waals surface area contributed by atoms with Crippen LogP contribution in [0, 0.1) is 0 Å². The summed E-state index contributed by atoms with van der Waals surface area (Å²) in [6.07, 6.45) is 0. The molecule has 0 saturated heterocycles. The van der Waals surface area contributed by atoms with E-state index in [1.165, 1.54) is 65.7 Å². The number of benzene rings is 7. The summed E-state index contributed by atoms with van der Waals surface area (Å²) in [6, 6.07) is 52.8. The smallest absolute Gasteiger partial charge is 0.0105 e. The van der Waals surface area contributed by atoms with E-state index >= 15 is 0 Å². The topological polar surface area (TPSA) is 0 Å². The Labute approximate surface area is 211 Å². The van der Waals surface area contributed by atoms with E-state index in [2.05, 4.69) is 146 Å². The van der Waals surface area contributed by atoms with Crippen LogP contribution in [0.1, 0.15) is 0 Å². The minimum absolute atomic E-state index is 1.24. The molecule has 7 aromatic carbocycles. The van der Waals surface area contributed by atoms with E-state index in [0.29, 0.717) is 0 Å². The molecule has 0 aliphatic carbocycles. The molecule has 0 bridgehead atoms. The molecular formula is C36H24. The zero-order valence-electron chi connectivity index (χ0n) is 19.9. The third-order valence-electron chi connectivity index (χ3n) is 7.24. The highest BCUT2D eigenvalue weighted by atomic mass is 14.1. The zero-order valence-corrected chi connectivity index (χ0v) is 19.9. The third-order valence-corrected chi connectivity index (χ3v) is 7.24. The van der Waals surface area contributed by atoms with Crippen molar-refractivity contribution in [3.05, 3.63) is 146 Å². The van der Waals surface area contributed by atoms with Crippen molar-refractivity contribution < 1.29 is 0 Å². The summed E-state index contributed by atoms with van der Waals surface area (Å²) in [5.74, 6) is 0. The molecule has 0 saturated carbocycles. The molecule has 0 aliphatic heterocycles. The molecule has 0 nitrogen and oxygen atoms in total. The summed E-state index contributed by atoms with van der Waals surface area (Å²) in [5.41, 5.74) is 7.51.